The molecule has 116 valence electrons. The van der Waals surface area contributed by atoms with Gasteiger partial charge in [-0.15, -0.1) is 0 Å². The van der Waals surface area contributed by atoms with E-state index in [1.807, 2.05) is 18.0 Å². The molecule has 0 heterocycles. The van der Waals surface area contributed by atoms with E-state index in [9.17, 15) is 4.79 Å². The van der Waals surface area contributed by atoms with Crippen molar-refractivity contribution in [1.82, 2.24) is 5.32 Å². The summed E-state index contributed by atoms with van der Waals surface area (Å²) >= 11 is 0. The van der Waals surface area contributed by atoms with Crippen molar-refractivity contribution in [2.24, 2.45) is 5.92 Å². The molecule has 0 atom stereocenters. The van der Waals surface area contributed by atoms with E-state index in [1.165, 1.54) is 43.2 Å². The van der Waals surface area contributed by atoms with Crippen LogP contribution in [0.3, 0.4) is 0 Å². The van der Waals surface area contributed by atoms with Gasteiger partial charge in [-0.3, -0.25) is 4.79 Å². The third-order valence-corrected chi connectivity index (χ3v) is 4.68. The Morgan fingerprint density at radius 2 is 1.95 bits per heavy atom. The maximum absolute atomic E-state index is 12.1. The van der Waals surface area contributed by atoms with Crippen LogP contribution in [0.4, 0.5) is 5.69 Å². The van der Waals surface area contributed by atoms with E-state index in [-0.39, 0.29) is 5.91 Å². The maximum Gasteiger partial charge on any atom is 0.239 e. The van der Waals surface area contributed by atoms with Gasteiger partial charge in [-0.05, 0) is 49.8 Å². The first-order valence-electron chi connectivity index (χ1n) is 8.12. The minimum Gasteiger partial charge on any atom is -0.365 e. The van der Waals surface area contributed by atoms with Crippen LogP contribution in [0.1, 0.15) is 43.2 Å². The SMILES string of the molecule is Cc1cccc(N(C)CC(=O)NCC2CCCCC2)c1C. The fourth-order valence-corrected chi connectivity index (χ4v) is 3.16. The van der Waals surface area contributed by atoms with Crippen LogP contribution >= 0.6 is 0 Å². The lowest BCUT2D eigenvalue weighted by atomic mass is 9.89. The highest BCUT2D eigenvalue weighted by molar-refractivity contribution is 5.81. The molecule has 0 aromatic heterocycles. The van der Waals surface area contributed by atoms with Gasteiger partial charge in [0.25, 0.3) is 0 Å². The molecule has 0 bridgehead atoms. The van der Waals surface area contributed by atoms with E-state index >= 15 is 0 Å². The number of carbonyl (C=O) groups excluding carboxylic acids is 1. The second-order valence-electron chi connectivity index (χ2n) is 6.38. The van der Waals surface area contributed by atoms with Gasteiger partial charge in [0.1, 0.15) is 0 Å². The number of likely N-dealkylation sites (N-methyl/N-ethyl adjacent to an activating group) is 1. The number of anilines is 1. The largest absolute Gasteiger partial charge is 0.365 e. The number of hydrogen-bond donors (Lipinski definition) is 1. The van der Waals surface area contributed by atoms with Gasteiger partial charge in [0, 0.05) is 19.3 Å². The number of hydrogen-bond acceptors (Lipinski definition) is 2. The highest BCUT2D eigenvalue weighted by Crippen LogP contribution is 2.23. The fraction of sp³-hybridized carbons (Fsp3) is 0.611. The van der Waals surface area contributed by atoms with E-state index in [0.29, 0.717) is 12.5 Å². The molecular formula is C18H28N2O. The first kappa shape index (κ1) is 15.9. The van der Waals surface area contributed by atoms with Crippen molar-refractivity contribution in [3.63, 3.8) is 0 Å². The zero-order valence-electron chi connectivity index (χ0n) is 13.6. The summed E-state index contributed by atoms with van der Waals surface area (Å²) in [5.74, 6) is 0.817. The Balaban J connectivity index is 1.82. The van der Waals surface area contributed by atoms with Gasteiger partial charge in [-0.2, -0.15) is 0 Å². The standard InChI is InChI=1S/C18H28N2O/c1-14-8-7-11-17(15(14)2)20(3)13-18(21)19-12-16-9-5-4-6-10-16/h7-8,11,16H,4-6,9-10,12-13H2,1-3H3,(H,19,21). The van der Waals surface area contributed by atoms with Crippen LogP contribution in [0.2, 0.25) is 0 Å². The molecule has 1 aromatic carbocycles. The van der Waals surface area contributed by atoms with E-state index in [0.717, 1.165) is 12.2 Å². The Hall–Kier alpha value is -1.51. The minimum atomic E-state index is 0.129. The van der Waals surface area contributed by atoms with Gasteiger partial charge >= 0.3 is 0 Å². The zero-order chi connectivity index (χ0) is 15.2. The summed E-state index contributed by atoms with van der Waals surface area (Å²) in [6.45, 7) is 5.49. The van der Waals surface area contributed by atoms with Crippen LogP contribution in [-0.4, -0.2) is 26.0 Å². The van der Waals surface area contributed by atoms with E-state index in [4.69, 9.17) is 0 Å². The predicted octanol–water partition coefficient (Wildman–Crippen LogP) is 3.44. The number of rotatable bonds is 5. The van der Waals surface area contributed by atoms with Crippen molar-refractivity contribution in [1.29, 1.82) is 0 Å². The smallest absolute Gasteiger partial charge is 0.239 e. The third-order valence-electron chi connectivity index (χ3n) is 4.68. The van der Waals surface area contributed by atoms with E-state index in [2.05, 4.69) is 31.3 Å². The molecule has 1 fully saturated rings. The summed E-state index contributed by atoms with van der Waals surface area (Å²) in [5.41, 5.74) is 3.66. The van der Waals surface area contributed by atoms with Crippen LogP contribution in [0.5, 0.6) is 0 Å². The average molecular weight is 288 g/mol. The Morgan fingerprint density at radius 3 is 2.67 bits per heavy atom. The number of nitrogens with one attached hydrogen (secondary N) is 1. The second kappa shape index (κ2) is 7.48. The molecule has 21 heavy (non-hydrogen) atoms. The Morgan fingerprint density at radius 1 is 1.24 bits per heavy atom. The number of amides is 1. The lowest BCUT2D eigenvalue weighted by Crippen LogP contribution is -2.38. The minimum absolute atomic E-state index is 0.129. The van der Waals surface area contributed by atoms with Gasteiger partial charge in [0.05, 0.1) is 6.54 Å². The van der Waals surface area contributed by atoms with Crippen molar-refractivity contribution in [2.75, 3.05) is 25.0 Å². The summed E-state index contributed by atoms with van der Waals surface area (Å²) < 4.78 is 0. The molecule has 1 aromatic rings. The van der Waals surface area contributed by atoms with Crippen LogP contribution in [0.15, 0.2) is 18.2 Å². The highest BCUT2D eigenvalue weighted by Gasteiger charge is 2.15. The normalized spacial score (nSPS) is 15.8. The Bertz CT molecular complexity index is 478. The summed E-state index contributed by atoms with van der Waals surface area (Å²) in [4.78, 5) is 14.2. The van der Waals surface area contributed by atoms with Gasteiger partial charge in [0.2, 0.25) is 5.91 Å². The van der Waals surface area contributed by atoms with Crippen molar-refractivity contribution in [2.45, 2.75) is 46.0 Å². The van der Waals surface area contributed by atoms with Gasteiger partial charge in [-0.25, -0.2) is 0 Å². The third kappa shape index (κ3) is 4.48. The molecule has 2 rings (SSSR count). The van der Waals surface area contributed by atoms with Crippen LogP contribution in [0, 0.1) is 19.8 Å². The van der Waals surface area contributed by atoms with E-state index in [1.54, 1.807) is 0 Å². The van der Waals surface area contributed by atoms with Crippen molar-refractivity contribution in [3.8, 4) is 0 Å². The molecule has 0 unspecified atom stereocenters. The van der Waals surface area contributed by atoms with Crippen molar-refractivity contribution >= 4 is 11.6 Å². The topological polar surface area (TPSA) is 32.3 Å². The average Bonchev–Trinajstić information content (AvgIpc) is 2.49. The summed E-state index contributed by atoms with van der Waals surface area (Å²) in [6.07, 6.45) is 6.55. The first-order valence-corrected chi connectivity index (χ1v) is 8.12. The van der Waals surface area contributed by atoms with Crippen LogP contribution < -0.4 is 10.2 Å². The first-order chi connectivity index (χ1) is 10.1. The van der Waals surface area contributed by atoms with Crippen LogP contribution in [-0.2, 0) is 4.79 Å². The molecule has 1 aliphatic carbocycles. The summed E-state index contributed by atoms with van der Waals surface area (Å²) in [5, 5.41) is 3.11. The molecule has 1 N–H and O–H groups in total. The maximum atomic E-state index is 12.1. The molecule has 1 saturated carbocycles. The molecule has 1 aliphatic rings. The Labute approximate surface area is 128 Å². The van der Waals surface area contributed by atoms with Gasteiger partial charge in [-0.1, -0.05) is 31.4 Å². The lowest BCUT2D eigenvalue weighted by Gasteiger charge is -2.24. The fourth-order valence-electron chi connectivity index (χ4n) is 3.16. The highest BCUT2D eigenvalue weighted by atomic mass is 16.2. The van der Waals surface area contributed by atoms with Gasteiger partial charge < -0.3 is 10.2 Å². The monoisotopic (exact) mass is 288 g/mol. The lowest BCUT2D eigenvalue weighted by molar-refractivity contribution is -0.119. The molecule has 0 aliphatic heterocycles. The molecule has 0 spiro atoms. The van der Waals surface area contributed by atoms with Crippen molar-refractivity contribution in [3.05, 3.63) is 29.3 Å². The quantitative estimate of drug-likeness (QED) is 0.900. The number of carbonyl (C=O) groups is 1. The number of nitrogens with zero attached hydrogens (tertiary/aromatic N) is 1. The van der Waals surface area contributed by atoms with Gasteiger partial charge in [0.15, 0.2) is 0 Å². The summed E-state index contributed by atoms with van der Waals surface area (Å²) in [6, 6.07) is 6.24. The number of benzene rings is 1. The predicted molar refractivity (Wildman–Crippen MR) is 88.8 cm³/mol. The molecular weight excluding hydrogens is 260 g/mol. The molecule has 3 nitrogen and oxygen atoms in total. The molecule has 1 amide bonds. The number of aryl methyl sites for hydroxylation is 1. The molecule has 3 heteroatoms. The van der Waals surface area contributed by atoms with E-state index < -0.39 is 0 Å². The summed E-state index contributed by atoms with van der Waals surface area (Å²) in [7, 11) is 1.99. The zero-order valence-corrected chi connectivity index (χ0v) is 13.6. The molecule has 0 radical (unpaired) electrons. The second-order valence-corrected chi connectivity index (χ2v) is 6.38. The van der Waals surface area contributed by atoms with Crippen molar-refractivity contribution < 1.29 is 4.79 Å². The molecule has 0 saturated heterocycles. The Kier molecular flexibility index (Phi) is 5.66. The van der Waals surface area contributed by atoms with Crippen LogP contribution in [0.25, 0.3) is 0 Å².